The lowest BCUT2D eigenvalue weighted by Gasteiger charge is -2.35. The van der Waals surface area contributed by atoms with Gasteiger partial charge in [0.05, 0.1) is 29.3 Å². The van der Waals surface area contributed by atoms with Gasteiger partial charge in [0, 0.05) is 37.4 Å². The van der Waals surface area contributed by atoms with Crippen LogP contribution in [0.15, 0.2) is 77.4 Å². The van der Waals surface area contributed by atoms with Gasteiger partial charge in [-0.1, -0.05) is 35.9 Å². The predicted octanol–water partition coefficient (Wildman–Crippen LogP) is 4.92. The maximum atomic E-state index is 12.5. The first kappa shape index (κ1) is 23.7. The molecule has 0 atom stereocenters. The van der Waals surface area contributed by atoms with Crippen LogP contribution in [0.3, 0.4) is 0 Å². The summed E-state index contributed by atoms with van der Waals surface area (Å²) >= 11 is 6.44. The van der Waals surface area contributed by atoms with Crippen molar-refractivity contribution < 1.29 is 18.7 Å². The van der Waals surface area contributed by atoms with Gasteiger partial charge in [-0.25, -0.2) is 9.48 Å². The highest BCUT2D eigenvalue weighted by atomic mass is 35.5. The van der Waals surface area contributed by atoms with E-state index >= 15 is 0 Å². The van der Waals surface area contributed by atoms with Crippen LogP contribution >= 0.6 is 11.6 Å². The molecule has 5 rings (SSSR count). The van der Waals surface area contributed by atoms with E-state index in [9.17, 15) is 9.59 Å². The van der Waals surface area contributed by atoms with Crippen molar-refractivity contribution in [1.29, 1.82) is 0 Å². The van der Waals surface area contributed by atoms with Gasteiger partial charge in [-0.3, -0.25) is 4.79 Å². The quantitative estimate of drug-likeness (QED) is 0.346. The Morgan fingerprint density at radius 2 is 1.75 bits per heavy atom. The van der Waals surface area contributed by atoms with Gasteiger partial charge in [-0.2, -0.15) is 5.10 Å². The molecule has 4 aromatic rings. The van der Waals surface area contributed by atoms with Crippen molar-refractivity contribution in [2.75, 3.05) is 37.7 Å². The number of benzene rings is 2. The van der Waals surface area contributed by atoms with Gasteiger partial charge in [0.2, 0.25) is 0 Å². The van der Waals surface area contributed by atoms with E-state index in [4.69, 9.17) is 20.8 Å². The lowest BCUT2D eigenvalue weighted by molar-refractivity contribution is 0.0518. The molecule has 0 saturated carbocycles. The zero-order valence-corrected chi connectivity index (χ0v) is 20.5. The largest absolute Gasteiger partial charge is 0.461 e. The smallest absolute Gasteiger partial charge is 0.358 e. The molecule has 2 aromatic heterocycles. The first-order chi connectivity index (χ1) is 17.5. The van der Waals surface area contributed by atoms with Gasteiger partial charge in [0.25, 0.3) is 5.91 Å². The second-order valence-electron chi connectivity index (χ2n) is 8.30. The number of carbonyl (C=O) groups excluding carboxylic acids is 2. The van der Waals surface area contributed by atoms with Gasteiger partial charge in [-0.15, -0.1) is 0 Å². The van der Waals surface area contributed by atoms with Crippen LogP contribution in [0.25, 0.3) is 16.9 Å². The van der Waals surface area contributed by atoms with Crippen molar-refractivity contribution in [3.63, 3.8) is 0 Å². The molecule has 1 fully saturated rings. The average Bonchev–Trinajstić information content (AvgIpc) is 3.60. The molecule has 1 aliphatic heterocycles. The Morgan fingerprint density at radius 1 is 1.00 bits per heavy atom. The van der Waals surface area contributed by atoms with E-state index in [2.05, 4.69) is 10.00 Å². The van der Waals surface area contributed by atoms with Crippen LogP contribution in [0.5, 0.6) is 0 Å². The molecule has 1 aliphatic rings. The number of para-hydroxylation sites is 1. The number of halogens is 1. The number of hydrogen-bond donors (Lipinski definition) is 0. The summed E-state index contributed by atoms with van der Waals surface area (Å²) in [5.74, 6) is -0.200. The van der Waals surface area contributed by atoms with Crippen molar-refractivity contribution in [2.45, 2.75) is 6.92 Å². The van der Waals surface area contributed by atoms with Crippen LogP contribution in [0, 0.1) is 0 Å². The molecule has 0 aliphatic carbocycles. The Labute approximate surface area is 213 Å². The fourth-order valence-corrected chi connectivity index (χ4v) is 4.48. The second kappa shape index (κ2) is 10.3. The Kier molecular flexibility index (Phi) is 6.77. The van der Waals surface area contributed by atoms with E-state index in [1.54, 1.807) is 35.9 Å². The van der Waals surface area contributed by atoms with Crippen LogP contribution in [-0.2, 0) is 4.74 Å². The van der Waals surface area contributed by atoms with Crippen molar-refractivity contribution in [3.8, 4) is 16.9 Å². The van der Waals surface area contributed by atoms with Crippen molar-refractivity contribution in [2.24, 2.45) is 0 Å². The zero-order chi connectivity index (χ0) is 25.1. The number of hydrogen-bond acceptors (Lipinski definition) is 6. The van der Waals surface area contributed by atoms with E-state index in [1.807, 2.05) is 47.4 Å². The summed E-state index contributed by atoms with van der Waals surface area (Å²) in [5.41, 5.74) is 3.55. The third kappa shape index (κ3) is 4.72. The minimum Gasteiger partial charge on any atom is -0.461 e. The van der Waals surface area contributed by atoms with Gasteiger partial charge in [0.1, 0.15) is 0 Å². The van der Waals surface area contributed by atoms with E-state index in [1.165, 1.54) is 6.26 Å². The topological polar surface area (TPSA) is 80.8 Å². The minimum atomic E-state index is -0.483. The van der Waals surface area contributed by atoms with Crippen molar-refractivity contribution in [1.82, 2.24) is 14.7 Å². The number of rotatable bonds is 6. The van der Waals surface area contributed by atoms with Gasteiger partial charge in [-0.05, 0) is 49.4 Å². The van der Waals surface area contributed by atoms with E-state index in [-0.39, 0.29) is 18.2 Å². The molecular weight excluding hydrogens is 480 g/mol. The molecule has 0 radical (unpaired) electrons. The molecule has 1 amide bonds. The Morgan fingerprint density at radius 3 is 2.42 bits per heavy atom. The molecule has 0 N–H and O–H groups in total. The van der Waals surface area contributed by atoms with E-state index < -0.39 is 5.97 Å². The third-order valence-electron chi connectivity index (χ3n) is 6.10. The first-order valence-corrected chi connectivity index (χ1v) is 12.1. The minimum absolute atomic E-state index is 0.0831. The first-order valence-electron chi connectivity index (χ1n) is 11.8. The fraction of sp³-hybridized carbons (Fsp3) is 0.222. The molecular formula is C27H25ClN4O4. The summed E-state index contributed by atoms with van der Waals surface area (Å²) in [5, 5.41) is 5.02. The van der Waals surface area contributed by atoms with Crippen LogP contribution in [0.1, 0.15) is 28.0 Å². The number of carbonyl (C=O) groups is 2. The predicted molar refractivity (Wildman–Crippen MR) is 137 cm³/mol. The van der Waals surface area contributed by atoms with Crippen molar-refractivity contribution in [3.05, 3.63) is 89.5 Å². The highest BCUT2D eigenvalue weighted by Gasteiger charge is 2.24. The van der Waals surface area contributed by atoms with Crippen LogP contribution in [0.4, 0.5) is 5.69 Å². The van der Waals surface area contributed by atoms with Crippen LogP contribution < -0.4 is 4.90 Å². The monoisotopic (exact) mass is 504 g/mol. The number of esters is 1. The van der Waals surface area contributed by atoms with Gasteiger partial charge < -0.3 is 19.0 Å². The number of amides is 1. The van der Waals surface area contributed by atoms with Gasteiger partial charge in [0.15, 0.2) is 11.5 Å². The second-order valence-corrected chi connectivity index (χ2v) is 8.71. The number of piperazine rings is 1. The molecule has 0 bridgehead atoms. The van der Waals surface area contributed by atoms with Crippen LogP contribution in [0.2, 0.25) is 5.02 Å². The SMILES string of the molecule is CCOC(=O)c1cc(-c2ccc(N3CCN(C(=O)c4ccco4)CC3)cc2)n(-c2ccccc2Cl)n1. The van der Waals surface area contributed by atoms with Crippen molar-refractivity contribution >= 4 is 29.2 Å². The summed E-state index contributed by atoms with van der Waals surface area (Å²) in [7, 11) is 0. The molecule has 184 valence electrons. The molecule has 0 spiro atoms. The molecule has 36 heavy (non-hydrogen) atoms. The highest BCUT2D eigenvalue weighted by Crippen LogP contribution is 2.30. The Bertz CT molecular complexity index is 1360. The number of anilines is 1. The normalized spacial score (nSPS) is 13.6. The Balaban J connectivity index is 1.36. The molecule has 0 unspecified atom stereocenters. The molecule has 9 heteroatoms. The van der Waals surface area contributed by atoms with Crippen LogP contribution in [-0.4, -0.2) is 59.3 Å². The average molecular weight is 505 g/mol. The molecule has 1 saturated heterocycles. The standard InChI is InChI=1S/C27H25ClN4O4/c1-2-35-27(34)22-18-24(32(29-22)23-7-4-3-6-21(23)28)19-9-11-20(12-10-19)30-13-15-31(16-14-30)26(33)25-8-5-17-36-25/h3-12,17-18H,2,13-16H2,1H3. The number of furan rings is 1. The maximum absolute atomic E-state index is 12.5. The maximum Gasteiger partial charge on any atom is 0.358 e. The summed E-state index contributed by atoms with van der Waals surface area (Å²) < 4.78 is 12.1. The summed E-state index contributed by atoms with van der Waals surface area (Å²) in [6, 6.07) is 20.5. The van der Waals surface area contributed by atoms with E-state index in [0.29, 0.717) is 29.6 Å². The molecule has 2 aromatic carbocycles. The number of ether oxygens (including phenoxy) is 1. The van der Waals surface area contributed by atoms with Gasteiger partial charge >= 0.3 is 5.97 Å². The lowest BCUT2D eigenvalue weighted by atomic mass is 10.1. The summed E-state index contributed by atoms with van der Waals surface area (Å²) in [6.45, 7) is 4.69. The zero-order valence-electron chi connectivity index (χ0n) is 19.8. The molecule has 8 nitrogen and oxygen atoms in total. The number of aromatic nitrogens is 2. The fourth-order valence-electron chi connectivity index (χ4n) is 4.27. The third-order valence-corrected chi connectivity index (χ3v) is 6.42. The summed E-state index contributed by atoms with van der Waals surface area (Å²) in [6.07, 6.45) is 1.51. The summed E-state index contributed by atoms with van der Waals surface area (Å²) in [4.78, 5) is 29.0. The van der Waals surface area contributed by atoms with E-state index in [0.717, 1.165) is 30.0 Å². The highest BCUT2D eigenvalue weighted by molar-refractivity contribution is 6.32. The number of nitrogens with zero attached hydrogens (tertiary/aromatic N) is 4. The Hall–Kier alpha value is -4.04. The lowest BCUT2D eigenvalue weighted by Crippen LogP contribution is -2.48. The molecule has 3 heterocycles.